The van der Waals surface area contributed by atoms with Crippen LogP contribution in [0.5, 0.6) is 0 Å². The van der Waals surface area contributed by atoms with Crippen LogP contribution in [0.25, 0.3) is 0 Å². The van der Waals surface area contributed by atoms with Crippen molar-refractivity contribution in [1.82, 2.24) is 9.78 Å². The molecule has 0 aliphatic carbocycles. The number of benzene rings is 1. The lowest BCUT2D eigenvalue weighted by molar-refractivity contribution is 0.676. The highest BCUT2D eigenvalue weighted by Crippen LogP contribution is 2.16. The summed E-state index contributed by atoms with van der Waals surface area (Å²) in [5.41, 5.74) is 2.48. The van der Waals surface area contributed by atoms with Crippen LogP contribution in [0, 0.1) is 5.92 Å². The summed E-state index contributed by atoms with van der Waals surface area (Å²) in [6.45, 7) is 6.23. The molecule has 1 N–H and O–H groups in total. The van der Waals surface area contributed by atoms with Crippen molar-refractivity contribution in [3.05, 3.63) is 48.3 Å². The van der Waals surface area contributed by atoms with Crippen molar-refractivity contribution in [2.75, 3.05) is 11.9 Å². The Bertz CT molecular complexity index is 446. The largest absolute Gasteiger partial charge is 0.385 e. The summed E-state index contributed by atoms with van der Waals surface area (Å²) in [6, 6.07) is 10.4. The van der Waals surface area contributed by atoms with Gasteiger partial charge in [0, 0.05) is 24.6 Å². The summed E-state index contributed by atoms with van der Waals surface area (Å²) in [7, 11) is 0. The Hall–Kier alpha value is -1.77. The zero-order chi connectivity index (χ0) is 12.1. The van der Waals surface area contributed by atoms with Gasteiger partial charge in [0.25, 0.3) is 0 Å². The van der Waals surface area contributed by atoms with E-state index in [1.165, 1.54) is 11.3 Å². The fourth-order valence-electron chi connectivity index (χ4n) is 1.71. The van der Waals surface area contributed by atoms with Gasteiger partial charge < -0.3 is 5.32 Å². The molecule has 0 amide bonds. The van der Waals surface area contributed by atoms with Crippen LogP contribution in [0.2, 0.25) is 0 Å². The van der Waals surface area contributed by atoms with Gasteiger partial charge in [0.15, 0.2) is 0 Å². The van der Waals surface area contributed by atoms with E-state index >= 15 is 0 Å². The molecule has 0 saturated heterocycles. The third kappa shape index (κ3) is 3.34. The van der Waals surface area contributed by atoms with E-state index in [2.05, 4.69) is 48.5 Å². The van der Waals surface area contributed by atoms with E-state index in [9.17, 15) is 0 Å². The molecule has 17 heavy (non-hydrogen) atoms. The average Bonchev–Trinajstić information content (AvgIpc) is 2.80. The zero-order valence-corrected chi connectivity index (χ0v) is 10.4. The molecule has 3 heteroatoms. The second-order valence-corrected chi connectivity index (χ2v) is 4.64. The van der Waals surface area contributed by atoms with E-state index in [-0.39, 0.29) is 0 Å². The van der Waals surface area contributed by atoms with Crippen molar-refractivity contribution in [2.45, 2.75) is 20.4 Å². The molecule has 0 bridgehead atoms. The normalized spacial score (nSPS) is 10.8. The van der Waals surface area contributed by atoms with E-state index < -0.39 is 0 Å². The number of hydrogen-bond donors (Lipinski definition) is 1. The van der Waals surface area contributed by atoms with Gasteiger partial charge in [-0.05, 0) is 23.6 Å². The predicted octanol–water partition coefficient (Wildman–Crippen LogP) is 3.00. The lowest BCUT2D eigenvalue weighted by Crippen LogP contribution is -2.11. The highest BCUT2D eigenvalue weighted by atomic mass is 15.3. The fraction of sp³-hybridized carbons (Fsp3) is 0.357. The summed E-state index contributed by atoms with van der Waals surface area (Å²) >= 11 is 0. The van der Waals surface area contributed by atoms with E-state index in [0.29, 0.717) is 5.92 Å². The molecule has 2 aromatic rings. The molecule has 90 valence electrons. The lowest BCUT2D eigenvalue weighted by atomic mass is 10.1. The Morgan fingerprint density at radius 2 is 2.06 bits per heavy atom. The topological polar surface area (TPSA) is 29.9 Å². The quantitative estimate of drug-likeness (QED) is 0.854. The third-order valence-corrected chi connectivity index (χ3v) is 2.61. The second kappa shape index (κ2) is 5.53. The first-order valence-corrected chi connectivity index (χ1v) is 6.05. The van der Waals surface area contributed by atoms with Crippen molar-refractivity contribution >= 4 is 5.69 Å². The number of nitrogens with one attached hydrogen (secondary N) is 1. The molecule has 1 aromatic heterocycles. The number of hydrogen-bond acceptors (Lipinski definition) is 2. The maximum Gasteiger partial charge on any atom is 0.0679 e. The number of aromatic nitrogens is 2. The summed E-state index contributed by atoms with van der Waals surface area (Å²) < 4.78 is 1.94. The first kappa shape index (κ1) is 11.7. The monoisotopic (exact) mass is 229 g/mol. The summed E-state index contributed by atoms with van der Waals surface area (Å²) in [5.74, 6) is 0.646. The first-order valence-electron chi connectivity index (χ1n) is 6.05. The highest BCUT2D eigenvalue weighted by molar-refractivity contribution is 5.51. The third-order valence-electron chi connectivity index (χ3n) is 2.61. The van der Waals surface area contributed by atoms with Crippen molar-refractivity contribution in [3.63, 3.8) is 0 Å². The van der Waals surface area contributed by atoms with E-state index in [1.807, 2.05) is 23.1 Å². The molecule has 0 aliphatic rings. The van der Waals surface area contributed by atoms with Crippen LogP contribution in [-0.2, 0) is 6.54 Å². The number of para-hydroxylation sites is 1. The minimum absolute atomic E-state index is 0.646. The zero-order valence-electron chi connectivity index (χ0n) is 10.4. The smallest absolute Gasteiger partial charge is 0.0679 e. The van der Waals surface area contributed by atoms with Gasteiger partial charge in [0.2, 0.25) is 0 Å². The molecule has 0 spiro atoms. The first-order chi connectivity index (χ1) is 8.25. The molecule has 2 rings (SSSR count). The molecule has 0 aliphatic heterocycles. The van der Waals surface area contributed by atoms with Crippen molar-refractivity contribution in [3.8, 4) is 0 Å². The highest BCUT2D eigenvalue weighted by Gasteiger charge is 2.03. The predicted molar refractivity (Wildman–Crippen MR) is 71.1 cm³/mol. The van der Waals surface area contributed by atoms with Gasteiger partial charge in [-0.3, -0.25) is 4.68 Å². The van der Waals surface area contributed by atoms with Crippen LogP contribution in [0.3, 0.4) is 0 Å². The minimum Gasteiger partial charge on any atom is -0.385 e. The van der Waals surface area contributed by atoms with Crippen molar-refractivity contribution in [1.29, 1.82) is 0 Å². The fourth-order valence-corrected chi connectivity index (χ4v) is 1.71. The molecule has 0 radical (unpaired) electrons. The Balaban J connectivity index is 2.10. The molecule has 1 heterocycles. The molecular formula is C14H19N3. The van der Waals surface area contributed by atoms with Crippen LogP contribution < -0.4 is 5.32 Å². The molecule has 0 saturated carbocycles. The summed E-state index contributed by atoms with van der Waals surface area (Å²) in [5, 5.41) is 7.72. The van der Waals surface area contributed by atoms with E-state index in [1.54, 1.807) is 0 Å². The van der Waals surface area contributed by atoms with Gasteiger partial charge in [0.1, 0.15) is 0 Å². The van der Waals surface area contributed by atoms with Crippen LogP contribution >= 0.6 is 0 Å². The molecule has 3 nitrogen and oxygen atoms in total. The number of anilines is 1. The van der Waals surface area contributed by atoms with Gasteiger partial charge in [-0.15, -0.1) is 0 Å². The van der Waals surface area contributed by atoms with E-state index in [0.717, 1.165) is 13.1 Å². The SMILES string of the molecule is CC(C)CNc1ccccc1Cn1cccn1. The Morgan fingerprint density at radius 3 is 2.76 bits per heavy atom. The van der Waals surface area contributed by atoms with Crippen molar-refractivity contribution in [2.24, 2.45) is 5.92 Å². The van der Waals surface area contributed by atoms with Crippen molar-refractivity contribution < 1.29 is 0 Å². The van der Waals surface area contributed by atoms with Crippen LogP contribution in [0.4, 0.5) is 5.69 Å². The van der Waals surface area contributed by atoms with Gasteiger partial charge in [-0.2, -0.15) is 5.10 Å². The van der Waals surface area contributed by atoms with Gasteiger partial charge in [-0.1, -0.05) is 32.0 Å². The van der Waals surface area contributed by atoms with Gasteiger partial charge in [-0.25, -0.2) is 0 Å². The minimum atomic E-state index is 0.646. The van der Waals surface area contributed by atoms with Crippen LogP contribution in [0.15, 0.2) is 42.7 Å². The molecule has 0 fully saturated rings. The molecule has 0 unspecified atom stereocenters. The Morgan fingerprint density at radius 1 is 1.24 bits per heavy atom. The number of rotatable bonds is 5. The second-order valence-electron chi connectivity index (χ2n) is 4.64. The molecule has 0 atom stereocenters. The van der Waals surface area contributed by atoms with Gasteiger partial charge in [0.05, 0.1) is 6.54 Å². The lowest BCUT2D eigenvalue weighted by Gasteiger charge is -2.13. The summed E-state index contributed by atoms with van der Waals surface area (Å²) in [6.07, 6.45) is 3.80. The maximum atomic E-state index is 4.24. The Labute approximate surface area is 102 Å². The maximum absolute atomic E-state index is 4.24. The molecule has 1 aromatic carbocycles. The standard InChI is InChI=1S/C14H19N3/c1-12(2)10-15-14-7-4-3-6-13(14)11-17-9-5-8-16-17/h3-9,12,15H,10-11H2,1-2H3. The van der Waals surface area contributed by atoms with Crippen LogP contribution in [-0.4, -0.2) is 16.3 Å². The van der Waals surface area contributed by atoms with Gasteiger partial charge >= 0.3 is 0 Å². The average molecular weight is 229 g/mol. The summed E-state index contributed by atoms with van der Waals surface area (Å²) in [4.78, 5) is 0. The number of nitrogens with zero attached hydrogens (tertiary/aromatic N) is 2. The Kier molecular flexibility index (Phi) is 3.81. The van der Waals surface area contributed by atoms with E-state index in [4.69, 9.17) is 0 Å². The molecular weight excluding hydrogens is 210 g/mol. The van der Waals surface area contributed by atoms with Crippen LogP contribution in [0.1, 0.15) is 19.4 Å².